The molecule has 0 saturated heterocycles. The van der Waals surface area contributed by atoms with Gasteiger partial charge in [-0.2, -0.15) is 4.98 Å². The van der Waals surface area contributed by atoms with Crippen molar-refractivity contribution in [2.75, 3.05) is 10.2 Å². The van der Waals surface area contributed by atoms with Crippen molar-refractivity contribution in [3.8, 4) is 0 Å². The van der Waals surface area contributed by atoms with E-state index in [-0.39, 0.29) is 18.0 Å². The number of hydrogen-bond donors (Lipinski definition) is 2. The topological polar surface area (TPSA) is 78.3 Å². The quantitative estimate of drug-likeness (QED) is 0.601. The third-order valence-corrected chi connectivity index (χ3v) is 6.23. The smallest absolute Gasteiger partial charge is 0.337 e. The standard InChI is InChI=1S/C23H30N4O2.ClH/c28-22(29)19-13-7-8-14-20(19)25-21-15-16-24-23(26-21)27(17-9-3-1-4-10-17)18-11-5-2-6-12-18;/h7-8,13-18H,1-6,9-12H2,(H,28,29)(H,24,25,26);1H. The molecule has 2 aromatic rings. The highest BCUT2D eigenvalue weighted by Gasteiger charge is 2.30. The molecule has 0 aliphatic heterocycles. The minimum atomic E-state index is -0.951. The Morgan fingerprint density at radius 3 is 2.13 bits per heavy atom. The van der Waals surface area contributed by atoms with Gasteiger partial charge in [0.05, 0.1) is 11.3 Å². The fraction of sp³-hybridized carbons (Fsp3) is 0.522. The van der Waals surface area contributed by atoms with Crippen LogP contribution in [0.1, 0.15) is 74.6 Å². The normalized spacial score (nSPS) is 17.7. The molecule has 0 spiro atoms. The number of halogens is 1. The Morgan fingerprint density at radius 2 is 1.53 bits per heavy atom. The van der Waals surface area contributed by atoms with Crippen molar-refractivity contribution in [3.63, 3.8) is 0 Å². The van der Waals surface area contributed by atoms with E-state index in [2.05, 4.69) is 15.2 Å². The number of aromatic carboxylic acids is 1. The number of carboxylic acids is 1. The van der Waals surface area contributed by atoms with Gasteiger partial charge in [0.1, 0.15) is 5.82 Å². The van der Waals surface area contributed by atoms with Crippen LogP contribution < -0.4 is 10.2 Å². The molecule has 0 unspecified atom stereocenters. The maximum Gasteiger partial charge on any atom is 0.337 e. The first-order valence-corrected chi connectivity index (χ1v) is 10.9. The van der Waals surface area contributed by atoms with E-state index >= 15 is 0 Å². The monoisotopic (exact) mass is 430 g/mol. The van der Waals surface area contributed by atoms with Crippen molar-refractivity contribution in [2.24, 2.45) is 0 Å². The SMILES string of the molecule is Cl.O=C(O)c1ccccc1Nc1ccnc(N(C2CCCCC2)C2CCCCC2)n1. The van der Waals surface area contributed by atoms with E-state index in [0.717, 1.165) is 5.95 Å². The predicted molar refractivity (Wildman–Crippen MR) is 122 cm³/mol. The van der Waals surface area contributed by atoms with Crippen LogP contribution in [-0.2, 0) is 0 Å². The van der Waals surface area contributed by atoms with E-state index < -0.39 is 5.97 Å². The maximum atomic E-state index is 11.5. The van der Waals surface area contributed by atoms with Crippen molar-refractivity contribution < 1.29 is 9.90 Å². The molecule has 0 atom stereocenters. The summed E-state index contributed by atoms with van der Waals surface area (Å²) < 4.78 is 0. The van der Waals surface area contributed by atoms with Gasteiger partial charge in [-0.1, -0.05) is 50.7 Å². The Morgan fingerprint density at radius 1 is 0.933 bits per heavy atom. The second kappa shape index (κ2) is 10.6. The summed E-state index contributed by atoms with van der Waals surface area (Å²) in [5.74, 6) is 0.468. The first-order chi connectivity index (χ1) is 14.2. The van der Waals surface area contributed by atoms with Crippen molar-refractivity contribution in [1.82, 2.24) is 9.97 Å². The number of para-hydroxylation sites is 1. The second-order valence-electron chi connectivity index (χ2n) is 8.21. The molecule has 2 N–H and O–H groups in total. The van der Waals surface area contributed by atoms with Gasteiger partial charge in [-0.25, -0.2) is 9.78 Å². The first kappa shape index (κ1) is 22.3. The minimum Gasteiger partial charge on any atom is -0.478 e. The van der Waals surface area contributed by atoms with Gasteiger partial charge < -0.3 is 15.3 Å². The van der Waals surface area contributed by atoms with Gasteiger partial charge in [0, 0.05) is 18.3 Å². The molecule has 7 heteroatoms. The molecule has 4 rings (SSSR count). The number of hydrogen-bond acceptors (Lipinski definition) is 5. The van der Waals surface area contributed by atoms with Gasteiger partial charge in [-0.15, -0.1) is 12.4 Å². The van der Waals surface area contributed by atoms with Crippen LogP contribution in [-0.4, -0.2) is 33.1 Å². The van der Waals surface area contributed by atoms with Crippen LogP contribution in [0.5, 0.6) is 0 Å². The number of carbonyl (C=O) groups is 1. The average Bonchev–Trinajstić information content (AvgIpc) is 2.76. The summed E-state index contributed by atoms with van der Waals surface area (Å²) in [6.07, 6.45) is 14.4. The van der Waals surface area contributed by atoms with Crippen molar-refractivity contribution in [2.45, 2.75) is 76.3 Å². The molecular weight excluding hydrogens is 400 g/mol. The van der Waals surface area contributed by atoms with Crippen LogP contribution in [0.15, 0.2) is 36.5 Å². The molecule has 1 aromatic heterocycles. The molecular formula is C23H31ClN4O2. The number of benzene rings is 1. The zero-order valence-electron chi connectivity index (χ0n) is 17.3. The zero-order valence-corrected chi connectivity index (χ0v) is 18.1. The Balaban J connectivity index is 0.00000256. The van der Waals surface area contributed by atoms with Crippen LogP contribution >= 0.6 is 12.4 Å². The summed E-state index contributed by atoms with van der Waals surface area (Å²) in [5.41, 5.74) is 0.788. The Kier molecular flexibility index (Phi) is 7.91. The number of aromatic nitrogens is 2. The molecule has 0 amide bonds. The van der Waals surface area contributed by atoms with Crippen molar-refractivity contribution in [3.05, 3.63) is 42.1 Å². The van der Waals surface area contributed by atoms with Gasteiger partial charge in [0.25, 0.3) is 0 Å². The van der Waals surface area contributed by atoms with Gasteiger partial charge in [-0.3, -0.25) is 0 Å². The first-order valence-electron chi connectivity index (χ1n) is 10.9. The molecule has 2 fully saturated rings. The Hall–Kier alpha value is -2.34. The lowest BCUT2D eigenvalue weighted by molar-refractivity contribution is 0.0698. The lowest BCUT2D eigenvalue weighted by Gasteiger charge is -2.41. The van der Waals surface area contributed by atoms with Gasteiger partial charge in [0.2, 0.25) is 5.95 Å². The van der Waals surface area contributed by atoms with Crippen molar-refractivity contribution in [1.29, 1.82) is 0 Å². The summed E-state index contributed by atoms with van der Waals surface area (Å²) in [6.45, 7) is 0. The summed E-state index contributed by atoms with van der Waals surface area (Å²) in [5, 5.41) is 12.6. The third kappa shape index (κ3) is 5.22. The highest BCUT2D eigenvalue weighted by Crippen LogP contribution is 2.33. The van der Waals surface area contributed by atoms with Crippen LogP contribution in [0.25, 0.3) is 0 Å². The molecule has 2 aliphatic carbocycles. The van der Waals surface area contributed by atoms with E-state index in [0.29, 0.717) is 23.6 Å². The third-order valence-electron chi connectivity index (χ3n) is 6.23. The predicted octanol–water partition coefficient (Wildman–Crippen LogP) is 5.81. The number of nitrogens with zero attached hydrogens (tertiary/aromatic N) is 3. The van der Waals surface area contributed by atoms with E-state index in [1.807, 2.05) is 12.1 Å². The van der Waals surface area contributed by atoms with E-state index in [9.17, 15) is 9.90 Å². The molecule has 1 heterocycles. The number of carboxylic acid groups (broad SMARTS) is 1. The van der Waals surface area contributed by atoms with Gasteiger partial charge in [-0.05, 0) is 43.9 Å². The molecule has 2 aliphatic rings. The zero-order chi connectivity index (χ0) is 20.1. The van der Waals surface area contributed by atoms with E-state index in [4.69, 9.17) is 4.98 Å². The molecule has 162 valence electrons. The highest BCUT2D eigenvalue weighted by atomic mass is 35.5. The molecule has 2 saturated carbocycles. The van der Waals surface area contributed by atoms with Crippen LogP contribution in [0, 0.1) is 0 Å². The summed E-state index contributed by atoms with van der Waals surface area (Å²) in [4.78, 5) is 23.5. The minimum absolute atomic E-state index is 0. The number of rotatable bonds is 6. The second-order valence-corrected chi connectivity index (χ2v) is 8.21. The van der Waals surface area contributed by atoms with Crippen LogP contribution in [0.3, 0.4) is 0 Å². The molecule has 0 radical (unpaired) electrons. The lowest BCUT2D eigenvalue weighted by Crippen LogP contribution is -2.46. The highest BCUT2D eigenvalue weighted by molar-refractivity contribution is 5.95. The summed E-state index contributed by atoms with van der Waals surface area (Å²) in [6, 6.07) is 9.75. The Labute approximate surface area is 184 Å². The summed E-state index contributed by atoms with van der Waals surface area (Å²) >= 11 is 0. The molecule has 1 aromatic carbocycles. The molecule has 30 heavy (non-hydrogen) atoms. The fourth-order valence-electron chi connectivity index (χ4n) is 4.80. The van der Waals surface area contributed by atoms with Gasteiger partial charge in [0.15, 0.2) is 0 Å². The van der Waals surface area contributed by atoms with Crippen LogP contribution in [0.2, 0.25) is 0 Å². The van der Waals surface area contributed by atoms with Crippen molar-refractivity contribution >= 4 is 35.8 Å². The Bertz CT molecular complexity index is 817. The molecule has 6 nitrogen and oxygen atoms in total. The van der Waals surface area contributed by atoms with Gasteiger partial charge >= 0.3 is 5.97 Å². The average molecular weight is 431 g/mol. The van der Waals surface area contributed by atoms with Crippen LogP contribution in [0.4, 0.5) is 17.5 Å². The number of anilines is 3. The largest absolute Gasteiger partial charge is 0.478 e. The lowest BCUT2D eigenvalue weighted by atomic mass is 9.89. The fourth-order valence-corrected chi connectivity index (χ4v) is 4.80. The molecule has 0 bridgehead atoms. The van der Waals surface area contributed by atoms with E-state index in [1.165, 1.54) is 64.2 Å². The van der Waals surface area contributed by atoms with E-state index in [1.54, 1.807) is 24.4 Å². The summed E-state index contributed by atoms with van der Waals surface area (Å²) in [7, 11) is 0. The maximum absolute atomic E-state index is 11.5. The number of nitrogens with one attached hydrogen (secondary N) is 1.